The first-order chi connectivity index (χ1) is 8.65. The van der Waals surface area contributed by atoms with Gasteiger partial charge >= 0.3 is 0 Å². The Hall–Kier alpha value is -1.64. The molecule has 3 nitrogen and oxygen atoms in total. The van der Waals surface area contributed by atoms with E-state index in [9.17, 15) is 0 Å². The zero-order valence-corrected chi connectivity index (χ0v) is 11.9. The lowest BCUT2D eigenvalue weighted by Gasteiger charge is -2.13. The predicted molar refractivity (Wildman–Crippen MR) is 74.7 cm³/mol. The van der Waals surface area contributed by atoms with E-state index in [2.05, 4.69) is 19.9 Å². The van der Waals surface area contributed by atoms with Crippen molar-refractivity contribution in [1.82, 2.24) is 0 Å². The lowest BCUT2D eigenvalue weighted by Crippen LogP contribution is -1.95. The maximum absolute atomic E-state index is 5.33. The highest BCUT2D eigenvalue weighted by atomic mass is 16.5. The average molecular weight is 250 g/mol. The minimum absolute atomic E-state index is 0.630. The summed E-state index contributed by atoms with van der Waals surface area (Å²) in [4.78, 5) is 0. The van der Waals surface area contributed by atoms with Crippen molar-refractivity contribution in [2.24, 2.45) is 0 Å². The van der Waals surface area contributed by atoms with Crippen molar-refractivity contribution in [2.45, 2.75) is 26.7 Å². The molecule has 0 radical (unpaired) electrons. The van der Waals surface area contributed by atoms with Crippen LogP contribution >= 0.6 is 0 Å². The molecule has 0 fully saturated rings. The molecule has 0 amide bonds. The van der Waals surface area contributed by atoms with Crippen molar-refractivity contribution in [1.29, 1.82) is 0 Å². The van der Waals surface area contributed by atoms with Crippen LogP contribution in [-0.4, -0.2) is 21.3 Å². The monoisotopic (exact) mass is 250 g/mol. The molecule has 0 saturated carbocycles. The molecule has 0 saturated heterocycles. The van der Waals surface area contributed by atoms with Gasteiger partial charge in [-0.05, 0) is 31.0 Å². The number of hydrogen-bond acceptors (Lipinski definition) is 3. The summed E-state index contributed by atoms with van der Waals surface area (Å²) in [5.41, 5.74) is 2.40. The highest BCUT2D eigenvalue weighted by Gasteiger charge is 2.12. The quantitative estimate of drug-likeness (QED) is 0.766. The predicted octanol–water partition coefficient (Wildman–Crippen LogP) is 3.92. The van der Waals surface area contributed by atoms with Crippen LogP contribution in [0.1, 0.15) is 32.3 Å². The molecule has 0 unspecified atom stereocenters. The van der Waals surface area contributed by atoms with Gasteiger partial charge in [-0.15, -0.1) is 0 Å². The van der Waals surface area contributed by atoms with Gasteiger partial charge in [-0.2, -0.15) is 0 Å². The Morgan fingerprint density at radius 2 is 1.61 bits per heavy atom. The topological polar surface area (TPSA) is 27.7 Å². The van der Waals surface area contributed by atoms with Crippen LogP contribution in [0.25, 0.3) is 6.08 Å². The smallest absolute Gasteiger partial charge is 0.203 e. The lowest BCUT2D eigenvalue weighted by atomic mass is 10.1. The molecule has 0 spiro atoms. The zero-order chi connectivity index (χ0) is 13.5. The molecule has 1 aromatic rings. The molecule has 0 bridgehead atoms. The fourth-order valence-electron chi connectivity index (χ4n) is 1.94. The second-order valence-corrected chi connectivity index (χ2v) is 4.20. The van der Waals surface area contributed by atoms with Crippen molar-refractivity contribution in [3.8, 4) is 17.2 Å². The number of methoxy groups -OCH3 is 3. The lowest BCUT2D eigenvalue weighted by molar-refractivity contribution is 0.324. The largest absolute Gasteiger partial charge is 0.493 e. The van der Waals surface area contributed by atoms with Crippen LogP contribution in [0.5, 0.6) is 17.2 Å². The van der Waals surface area contributed by atoms with Crippen LogP contribution < -0.4 is 14.2 Å². The molecule has 0 N–H and O–H groups in total. The molecule has 0 aliphatic rings. The van der Waals surface area contributed by atoms with E-state index in [-0.39, 0.29) is 0 Å². The Balaban J connectivity index is 3.19. The van der Waals surface area contributed by atoms with Crippen LogP contribution in [0.15, 0.2) is 17.7 Å². The minimum Gasteiger partial charge on any atom is -0.493 e. The molecule has 0 aliphatic carbocycles. The third-order valence-corrected chi connectivity index (χ3v) is 2.74. The summed E-state index contributed by atoms with van der Waals surface area (Å²) in [5, 5.41) is 0. The van der Waals surface area contributed by atoms with Crippen LogP contribution in [-0.2, 0) is 0 Å². The molecule has 1 aromatic carbocycles. The Bertz CT molecular complexity index is 397. The third kappa shape index (κ3) is 3.42. The number of ether oxygens (including phenoxy) is 3. The van der Waals surface area contributed by atoms with E-state index >= 15 is 0 Å². The Morgan fingerprint density at radius 1 is 1.06 bits per heavy atom. The Kier molecular flexibility index (Phi) is 5.56. The third-order valence-electron chi connectivity index (χ3n) is 2.74. The second kappa shape index (κ2) is 6.94. The van der Waals surface area contributed by atoms with E-state index in [4.69, 9.17) is 14.2 Å². The van der Waals surface area contributed by atoms with Gasteiger partial charge < -0.3 is 14.2 Å². The van der Waals surface area contributed by atoms with Crippen molar-refractivity contribution >= 4 is 6.08 Å². The van der Waals surface area contributed by atoms with Gasteiger partial charge in [0.15, 0.2) is 11.5 Å². The van der Waals surface area contributed by atoms with Crippen molar-refractivity contribution < 1.29 is 14.2 Å². The molecule has 0 aromatic heterocycles. The van der Waals surface area contributed by atoms with Gasteiger partial charge in [0.25, 0.3) is 0 Å². The highest BCUT2D eigenvalue weighted by molar-refractivity contribution is 5.63. The van der Waals surface area contributed by atoms with Gasteiger partial charge in [0.2, 0.25) is 5.75 Å². The Labute approximate surface area is 109 Å². The molecular formula is C15H22O3. The molecule has 100 valence electrons. The number of hydrogen-bond donors (Lipinski definition) is 0. The first-order valence-electron chi connectivity index (χ1n) is 6.13. The number of benzene rings is 1. The van der Waals surface area contributed by atoms with Crippen molar-refractivity contribution in [3.63, 3.8) is 0 Å². The van der Waals surface area contributed by atoms with Gasteiger partial charge in [0, 0.05) is 0 Å². The summed E-state index contributed by atoms with van der Waals surface area (Å²) in [6.45, 7) is 4.30. The van der Waals surface area contributed by atoms with E-state index in [0.29, 0.717) is 17.2 Å². The summed E-state index contributed by atoms with van der Waals surface area (Å²) in [6, 6.07) is 3.92. The summed E-state index contributed by atoms with van der Waals surface area (Å²) in [7, 11) is 4.87. The number of rotatable bonds is 6. The van der Waals surface area contributed by atoms with Crippen molar-refractivity contribution in [3.05, 3.63) is 23.3 Å². The number of allylic oxidation sites excluding steroid dienone is 1. The molecular weight excluding hydrogens is 228 g/mol. The van der Waals surface area contributed by atoms with E-state index in [1.54, 1.807) is 21.3 Å². The maximum Gasteiger partial charge on any atom is 0.203 e. The molecule has 0 aliphatic heterocycles. The van der Waals surface area contributed by atoms with Gasteiger partial charge in [-0.25, -0.2) is 0 Å². The van der Waals surface area contributed by atoms with E-state index in [1.165, 1.54) is 5.57 Å². The van der Waals surface area contributed by atoms with Gasteiger partial charge in [0.1, 0.15) is 0 Å². The van der Waals surface area contributed by atoms with E-state index < -0.39 is 0 Å². The SMILES string of the molecule is CCC/C(C)=C/c1cc(OC)c(OC)c(OC)c1. The summed E-state index contributed by atoms with van der Waals surface area (Å²) < 4.78 is 15.9. The molecule has 3 heteroatoms. The van der Waals surface area contributed by atoms with Crippen LogP contribution in [0.4, 0.5) is 0 Å². The maximum atomic E-state index is 5.33. The minimum atomic E-state index is 0.630. The van der Waals surface area contributed by atoms with E-state index in [0.717, 1.165) is 18.4 Å². The fraction of sp³-hybridized carbons (Fsp3) is 0.467. The standard InChI is InChI=1S/C15H22O3/c1-6-7-11(2)8-12-9-13(16-3)15(18-5)14(10-12)17-4/h8-10H,6-7H2,1-5H3/b11-8+. The Morgan fingerprint density at radius 3 is 2.00 bits per heavy atom. The van der Waals surface area contributed by atoms with Crippen LogP contribution in [0, 0.1) is 0 Å². The molecule has 0 heterocycles. The van der Waals surface area contributed by atoms with Crippen LogP contribution in [0.3, 0.4) is 0 Å². The fourth-order valence-corrected chi connectivity index (χ4v) is 1.94. The second-order valence-electron chi connectivity index (χ2n) is 4.20. The summed E-state index contributed by atoms with van der Waals surface area (Å²) >= 11 is 0. The van der Waals surface area contributed by atoms with Gasteiger partial charge in [-0.3, -0.25) is 0 Å². The summed E-state index contributed by atoms with van der Waals surface area (Å²) in [6.07, 6.45) is 4.39. The summed E-state index contributed by atoms with van der Waals surface area (Å²) in [5.74, 6) is 2.00. The normalized spacial score (nSPS) is 11.3. The van der Waals surface area contributed by atoms with Crippen molar-refractivity contribution in [2.75, 3.05) is 21.3 Å². The van der Waals surface area contributed by atoms with Gasteiger partial charge in [-0.1, -0.05) is 25.0 Å². The molecule has 0 atom stereocenters. The molecule has 18 heavy (non-hydrogen) atoms. The zero-order valence-electron chi connectivity index (χ0n) is 11.9. The highest BCUT2D eigenvalue weighted by Crippen LogP contribution is 2.38. The first-order valence-corrected chi connectivity index (χ1v) is 6.13. The average Bonchev–Trinajstić information content (AvgIpc) is 2.37. The van der Waals surface area contributed by atoms with Crippen LogP contribution in [0.2, 0.25) is 0 Å². The molecule has 1 rings (SSSR count). The van der Waals surface area contributed by atoms with E-state index in [1.807, 2.05) is 12.1 Å². The first kappa shape index (κ1) is 14.4. The van der Waals surface area contributed by atoms with Gasteiger partial charge in [0.05, 0.1) is 21.3 Å².